The van der Waals surface area contributed by atoms with E-state index in [1.165, 1.54) is 0 Å². The largest absolute Gasteiger partial charge is 0.401 e. The Bertz CT molecular complexity index is 378. The van der Waals surface area contributed by atoms with E-state index in [9.17, 15) is 18.0 Å². The van der Waals surface area contributed by atoms with Crippen LogP contribution in [0.25, 0.3) is 0 Å². The molecule has 1 rings (SSSR count). The first kappa shape index (κ1) is 14.2. The molecule has 3 nitrogen and oxygen atoms in total. The fourth-order valence-electron chi connectivity index (χ4n) is 1.06. The van der Waals surface area contributed by atoms with Crippen LogP contribution in [0.5, 0.6) is 0 Å². The molecular weight excluding hydrogens is 348 g/mol. The Labute approximate surface area is 110 Å². The predicted molar refractivity (Wildman–Crippen MR) is 66.7 cm³/mol. The van der Waals surface area contributed by atoms with Gasteiger partial charge in [-0.15, -0.1) is 0 Å². The average Bonchev–Trinajstić information content (AvgIpc) is 2.19. The van der Waals surface area contributed by atoms with Crippen LogP contribution < -0.4 is 10.6 Å². The van der Waals surface area contributed by atoms with Gasteiger partial charge in [-0.2, -0.15) is 13.2 Å². The van der Waals surface area contributed by atoms with Crippen LogP contribution in [-0.2, 0) is 4.79 Å². The van der Waals surface area contributed by atoms with Gasteiger partial charge in [0.15, 0.2) is 0 Å². The van der Waals surface area contributed by atoms with Crippen molar-refractivity contribution in [2.24, 2.45) is 0 Å². The molecule has 1 amide bonds. The number of hydrogen-bond donors (Lipinski definition) is 2. The highest BCUT2D eigenvalue weighted by molar-refractivity contribution is 14.1. The summed E-state index contributed by atoms with van der Waals surface area (Å²) >= 11 is 2.11. The van der Waals surface area contributed by atoms with Gasteiger partial charge >= 0.3 is 6.18 Å². The standard InChI is InChI=1S/C10H10F3IN2O/c11-10(12,13)6-15-5-9(17)16-8-3-1-7(14)2-4-8/h1-4,15H,5-6H2,(H,16,17). The number of carbonyl (C=O) groups is 1. The van der Waals surface area contributed by atoms with Gasteiger partial charge in [0, 0.05) is 9.26 Å². The lowest BCUT2D eigenvalue weighted by molar-refractivity contribution is -0.126. The van der Waals surface area contributed by atoms with Gasteiger partial charge in [-0.3, -0.25) is 4.79 Å². The molecule has 2 N–H and O–H groups in total. The Balaban J connectivity index is 2.32. The zero-order chi connectivity index (χ0) is 12.9. The van der Waals surface area contributed by atoms with Crippen LogP contribution in [0.2, 0.25) is 0 Å². The molecule has 0 aromatic heterocycles. The van der Waals surface area contributed by atoms with Gasteiger partial charge < -0.3 is 10.6 Å². The minimum Gasteiger partial charge on any atom is -0.325 e. The lowest BCUT2D eigenvalue weighted by Gasteiger charge is -2.08. The molecular formula is C10H10F3IN2O. The molecule has 0 radical (unpaired) electrons. The molecule has 0 unspecified atom stereocenters. The first-order valence-electron chi connectivity index (χ1n) is 4.70. The van der Waals surface area contributed by atoms with E-state index in [1.807, 2.05) is 5.32 Å². The van der Waals surface area contributed by atoms with E-state index in [2.05, 4.69) is 27.9 Å². The zero-order valence-electron chi connectivity index (χ0n) is 8.64. The number of amides is 1. The van der Waals surface area contributed by atoms with Crippen molar-refractivity contribution < 1.29 is 18.0 Å². The van der Waals surface area contributed by atoms with E-state index in [1.54, 1.807) is 24.3 Å². The van der Waals surface area contributed by atoms with Crippen LogP contribution in [0.3, 0.4) is 0 Å². The molecule has 0 spiro atoms. The summed E-state index contributed by atoms with van der Waals surface area (Å²) in [5.74, 6) is -0.504. The van der Waals surface area contributed by atoms with Gasteiger partial charge in [-0.05, 0) is 46.9 Å². The summed E-state index contributed by atoms with van der Waals surface area (Å²) in [6.07, 6.45) is -4.30. The third-order valence-corrected chi connectivity index (χ3v) is 2.46. The van der Waals surface area contributed by atoms with Crippen molar-refractivity contribution in [2.45, 2.75) is 6.18 Å². The quantitative estimate of drug-likeness (QED) is 0.812. The van der Waals surface area contributed by atoms with E-state index in [-0.39, 0.29) is 6.54 Å². The molecule has 17 heavy (non-hydrogen) atoms. The van der Waals surface area contributed by atoms with Crippen molar-refractivity contribution >= 4 is 34.2 Å². The number of alkyl halides is 3. The summed E-state index contributed by atoms with van der Waals surface area (Å²) in [5, 5.41) is 4.50. The second-order valence-electron chi connectivity index (χ2n) is 3.27. The number of benzene rings is 1. The predicted octanol–water partition coefficient (Wildman–Crippen LogP) is 2.38. The Hall–Kier alpha value is -0.830. The highest BCUT2D eigenvalue weighted by atomic mass is 127. The molecule has 0 aliphatic heterocycles. The molecule has 0 saturated heterocycles. The molecule has 7 heteroatoms. The van der Waals surface area contributed by atoms with Gasteiger partial charge in [0.05, 0.1) is 13.1 Å². The minimum atomic E-state index is -4.30. The normalized spacial score (nSPS) is 11.3. The van der Waals surface area contributed by atoms with E-state index in [0.717, 1.165) is 3.57 Å². The molecule has 0 aliphatic rings. The maximum absolute atomic E-state index is 11.8. The smallest absolute Gasteiger partial charge is 0.325 e. The maximum Gasteiger partial charge on any atom is 0.401 e. The van der Waals surface area contributed by atoms with Gasteiger partial charge in [0.1, 0.15) is 0 Å². The summed E-state index contributed by atoms with van der Waals surface area (Å²) in [7, 11) is 0. The highest BCUT2D eigenvalue weighted by Gasteiger charge is 2.26. The molecule has 0 heterocycles. The number of rotatable bonds is 4. The van der Waals surface area contributed by atoms with Crippen LogP contribution in [0.1, 0.15) is 0 Å². The van der Waals surface area contributed by atoms with Crippen molar-refractivity contribution in [1.29, 1.82) is 0 Å². The SMILES string of the molecule is O=C(CNCC(F)(F)F)Nc1ccc(I)cc1. The van der Waals surface area contributed by atoms with Gasteiger partial charge in [0.25, 0.3) is 0 Å². The van der Waals surface area contributed by atoms with Crippen LogP contribution in [0, 0.1) is 3.57 Å². The monoisotopic (exact) mass is 358 g/mol. The number of nitrogens with one attached hydrogen (secondary N) is 2. The summed E-state index contributed by atoms with van der Waals surface area (Å²) < 4.78 is 36.4. The lowest BCUT2D eigenvalue weighted by Crippen LogP contribution is -2.35. The van der Waals surface area contributed by atoms with E-state index in [0.29, 0.717) is 5.69 Å². The first-order valence-corrected chi connectivity index (χ1v) is 5.77. The van der Waals surface area contributed by atoms with Crippen LogP contribution >= 0.6 is 22.6 Å². The van der Waals surface area contributed by atoms with Crippen molar-refractivity contribution in [3.63, 3.8) is 0 Å². The second-order valence-corrected chi connectivity index (χ2v) is 4.52. The van der Waals surface area contributed by atoms with Crippen molar-refractivity contribution in [3.05, 3.63) is 27.8 Å². The second kappa shape index (κ2) is 6.20. The lowest BCUT2D eigenvalue weighted by atomic mass is 10.3. The Kier molecular flexibility index (Phi) is 5.19. The van der Waals surface area contributed by atoms with Gasteiger partial charge in [-0.1, -0.05) is 0 Å². The third-order valence-electron chi connectivity index (χ3n) is 1.74. The van der Waals surface area contributed by atoms with Crippen LogP contribution in [0.4, 0.5) is 18.9 Å². The van der Waals surface area contributed by atoms with Crippen molar-refractivity contribution in [3.8, 4) is 0 Å². The highest BCUT2D eigenvalue weighted by Crippen LogP contribution is 2.12. The van der Waals surface area contributed by atoms with E-state index >= 15 is 0 Å². The molecule has 0 bridgehead atoms. The summed E-state index contributed by atoms with van der Waals surface area (Å²) in [6.45, 7) is -1.54. The summed E-state index contributed by atoms with van der Waals surface area (Å²) in [4.78, 5) is 11.2. The van der Waals surface area contributed by atoms with Crippen LogP contribution in [-0.4, -0.2) is 25.2 Å². The topological polar surface area (TPSA) is 41.1 Å². The Morgan fingerprint density at radius 3 is 2.35 bits per heavy atom. The minimum absolute atomic E-state index is 0.370. The number of anilines is 1. The molecule has 0 fully saturated rings. The molecule has 0 aliphatic carbocycles. The third kappa shape index (κ3) is 6.47. The molecule has 94 valence electrons. The van der Waals surface area contributed by atoms with Crippen molar-refractivity contribution in [1.82, 2.24) is 5.32 Å². The fourth-order valence-corrected chi connectivity index (χ4v) is 1.42. The number of hydrogen-bond acceptors (Lipinski definition) is 2. The van der Waals surface area contributed by atoms with Gasteiger partial charge in [-0.25, -0.2) is 0 Å². The number of halogens is 4. The summed E-state index contributed by atoms with van der Waals surface area (Å²) in [5.41, 5.74) is 0.559. The van der Waals surface area contributed by atoms with Crippen LogP contribution in [0.15, 0.2) is 24.3 Å². The molecule has 0 atom stereocenters. The van der Waals surface area contributed by atoms with E-state index in [4.69, 9.17) is 0 Å². The number of carbonyl (C=O) groups excluding carboxylic acids is 1. The Morgan fingerprint density at radius 1 is 1.24 bits per heavy atom. The molecule has 0 saturated carbocycles. The van der Waals surface area contributed by atoms with Crippen molar-refractivity contribution in [2.75, 3.05) is 18.4 Å². The van der Waals surface area contributed by atoms with Gasteiger partial charge in [0.2, 0.25) is 5.91 Å². The zero-order valence-corrected chi connectivity index (χ0v) is 10.8. The Morgan fingerprint density at radius 2 is 1.82 bits per heavy atom. The average molecular weight is 358 g/mol. The van der Waals surface area contributed by atoms with E-state index < -0.39 is 18.6 Å². The fraction of sp³-hybridized carbons (Fsp3) is 0.300. The molecule has 1 aromatic rings. The first-order chi connectivity index (χ1) is 7.87. The maximum atomic E-state index is 11.8. The molecule has 1 aromatic carbocycles. The summed E-state index contributed by atoms with van der Waals surface area (Å²) in [6, 6.07) is 6.95.